The summed E-state index contributed by atoms with van der Waals surface area (Å²) in [7, 11) is 0. The predicted molar refractivity (Wildman–Crippen MR) is 97.8 cm³/mol. The lowest BCUT2D eigenvalue weighted by Gasteiger charge is -2.32. The number of hydrogen-bond acceptors (Lipinski definition) is 5. The van der Waals surface area contributed by atoms with Crippen molar-refractivity contribution in [3.8, 4) is 0 Å². The van der Waals surface area contributed by atoms with Crippen molar-refractivity contribution in [2.45, 2.75) is 32.4 Å². The number of nitrogens with one attached hydrogen (secondary N) is 2. The van der Waals surface area contributed by atoms with Crippen LogP contribution < -0.4 is 15.5 Å². The summed E-state index contributed by atoms with van der Waals surface area (Å²) in [5.74, 6) is 1.01. The third-order valence-electron chi connectivity index (χ3n) is 4.92. The molecule has 25 heavy (non-hydrogen) atoms. The molecule has 1 aromatic rings. The summed E-state index contributed by atoms with van der Waals surface area (Å²) >= 11 is 0. The second-order valence-electron chi connectivity index (χ2n) is 6.78. The maximum Gasteiger partial charge on any atom is 0.315 e. The zero-order valence-corrected chi connectivity index (χ0v) is 15.0. The molecule has 2 fully saturated rings. The highest BCUT2D eigenvalue weighted by molar-refractivity contribution is 5.73. The van der Waals surface area contributed by atoms with Crippen molar-refractivity contribution in [3.05, 3.63) is 23.9 Å². The first-order chi connectivity index (χ1) is 12.2. The fraction of sp³-hybridized carbons (Fsp3) is 0.667. The summed E-state index contributed by atoms with van der Waals surface area (Å²) in [6.45, 7) is 8.85. The van der Waals surface area contributed by atoms with Crippen molar-refractivity contribution >= 4 is 11.8 Å². The Morgan fingerprint density at radius 1 is 1.24 bits per heavy atom. The van der Waals surface area contributed by atoms with Crippen LogP contribution in [0.4, 0.5) is 10.6 Å². The topological polar surface area (TPSA) is 69.7 Å². The Balaban J connectivity index is 1.40. The molecule has 0 radical (unpaired) electrons. The van der Waals surface area contributed by atoms with E-state index in [2.05, 4.69) is 38.4 Å². The van der Waals surface area contributed by atoms with E-state index >= 15 is 0 Å². The minimum Gasteiger partial charge on any atom is -0.379 e. The number of ether oxygens (including phenoxy) is 1. The first-order valence-corrected chi connectivity index (χ1v) is 9.26. The SMILES string of the molecule is C[C@H](CNC(=O)NCc1ccnc(N2CCCC2)c1)N1CCOCC1. The van der Waals surface area contributed by atoms with Crippen molar-refractivity contribution in [2.75, 3.05) is 50.8 Å². The Bertz CT molecular complexity index is 556. The highest BCUT2D eigenvalue weighted by Gasteiger charge is 2.17. The lowest BCUT2D eigenvalue weighted by Crippen LogP contribution is -2.48. The first kappa shape index (κ1) is 17.9. The van der Waals surface area contributed by atoms with Gasteiger partial charge in [0.2, 0.25) is 0 Å². The highest BCUT2D eigenvalue weighted by Crippen LogP contribution is 2.18. The molecule has 3 heterocycles. The van der Waals surface area contributed by atoms with Gasteiger partial charge in [-0.1, -0.05) is 0 Å². The molecule has 7 nitrogen and oxygen atoms in total. The second-order valence-corrected chi connectivity index (χ2v) is 6.78. The van der Waals surface area contributed by atoms with Crippen LogP contribution in [0.25, 0.3) is 0 Å². The molecule has 3 rings (SSSR count). The monoisotopic (exact) mass is 347 g/mol. The first-order valence-electron chi connectivity index (χ1n) is 9.26. The molecule has 0 unspecified atom stereocenters. The summed E-state index contributed by atoms with van der Waals surface area (Å²) < 4.78 is 5.36. The molecule has 2 aliphatic rings. The van der Waals surface area contributed by atoms with Crippen LogP contribution in [0.5, 0.6) is 0 Å². The number of morpholine rings is 1. The van der Waals surface area contributed by atoms with E-state index in [-0.39, 0.29) is 6.03 Å². The second kappa shape index (κ2) is 9.01. The summed E-state index contributed by atoms with van der Waals surface area (Å²) in [5.41, 5.74) is 1.08. The molecule has 0 bridgehead atoms. The zero-order chi connectivity index (χ0) is 17.5. The van der Waals surface area contributed by atoms with Crippen LogP contribution in [0.2, 0.25) is 0 Å². The Kier molecular flexibility index (Phi) is 6.47. The molecule has 1 atom stereocenters. The average molecular weight is 347 g/mol. The van der Waals surface area contributed by atoms with Crippen molar-refractivity contribution < 1.29 is 9.53 Å². The maximum absolute atomic E-state index is 12.1. The van der Waals surface area contributed by atoms with Gasteiger partial charge in [-0.2, -0.15) is 0 Å². The van der Waals surface area contributed by atoms with Gasteiger partial charge in [-0.3, -0.25) is 4.90 Å². The van der Waals surface area contributed by atoms with E-state index in [4.69, 9.17) is 4.74 Å². The van der Waals surface area contributed by atoms with Crippen molar-refractivity contribution in [1.29, 1.82) is 0 Å². The largest absolute Gasteiger partial charge is 0.379 e. The van der Waals surface area contributed by atoms with Gasteiger partial charge in [-0.05, 0) is 37.5 Å². The number of nitrogens with zero attached hydrogens (tertiary/aromatic N) is 3. The molecular formula is C18H29N5O2. The van der Waals surface area contributed by atoms with Crippen molar-refractivity contribution in [3.63, 3.8) is 0 Å². The van der Waals surface area contributed by atoms with Gasteiger partial charge in [-0.15, -0.1) is 0 Å². The number of pyridine rings is 1. The number of amides is 2. The van der Waals surface area contributed by atoms with Gasteiger partial charge in [0.1, 0.15) is 5.82 Å². The molecule has 138 valence electrons. The third kappa shape index (κ3) is 5.31. The quantitative estimate of drug-likeness (QED) is 0.809. The summed E-state index contributed by atoms with van der Waals surface area (Å²) in [6, 6.07) is 4.22. The summed E-state index contributed by atoms with van der Waals surface area (Å²) in [4.78, 5) is 21.1. The standard InChI is InChI=1S/C18H29N5O2/c1-15(22-8-10-25-11-9-22)13-20-18(24)21-14-16-4-5-19-17(12-16)23-6-2-3-7-23/h4-5,12,15H,2-3,6-11,13-14H2,1H3,(H2,20,21,24)/t15-/m1/s1. The number of carbonyl (C=O) groups excluding carboxylic acids is 1. The van der Waals surface area contributed by atoms with Crippen LogP contribution in [0.3, 0.4) is 0 Å². The smallest absolute Gasteiger partial charge is 0.315 e. The minimum atomic E-state index is -0.125. The van der Waals surface area contributed by atoms with Crippen LogP contribution in [0.1, 0.15) is 25.3 Å². The summed E-state index contributed by atoms with van der Waals surface area (Å²) in [6.07, 6.45) is 4.28. The molecule has 0 spiro atoms. The third-order valence-corrected chi connectivity index (χ3v) is 4.92. The fourth-order valence-electron chi connectivity index (χ4n) is 3.32. The molecule has 0 saturated carbocycles. The predicted octanol–water partition coefficient (Wildman–Crippen LogP) is 1.20. The molecule has 2 aliphatic heterocycles. The van der Waals surface area contributed by atoms with Crippen LogP contribution in [-0.2, 0) is 11.3 Å². The van der Waals surface area contributed by atoms with Crippen molar-refractivity contribution in [2.24, 2.45) is 0 Å². The molecular weight excluding hydrogens is 318 g/mol. The molecule has 2 saturated heterocycles. The average Bonchev–Trinajstić information content (AvgIpc) is 3.20. The number of carbonyl (C=O) groups is 1. The highest BCUT2D eigenvalue weighted by atomic mass is 16.5. The Morgan fingerprint density at radius 2 is 2.00 bits per heavy atom. The Labute approximate surface area is 149 Å². The Hall–Kier alpha value is -1.86. The zero-order valence-electron chi connectivity index (χ0n) is 15.0. The molecule has 2 amide bonds. The Morgan fingerprint density at radius 3 is 2.76 bits per heavy atom. The minimum absolute atomic E-state index is 0.125. The number of hydrogen-bond donors (Lipinski definition) is 2. The van der Waals surface area contributed by atoms with Gasteiger partial charge in [0, 0.05) is 51.5 Å². The van der Waals surface area contributed by atoms with Gasteiger partial charge in [-0.25, -0.2) is 9.78 Å². The molecule has 0 aromatic carbocycles. The number of aromatic nitrogens is 1. The number of rotatable bonds is 6. The molecule has 2 N–H and O–H groups in total. The molecule has 7 heteroatoms. The lowest BCUT2D eigenvalue weighted by molar-refractivity contribution is 0.0209. The number of urea groups is 1. The molecule has 0 aliphatic carbocycles. The van der Waals surface area contributed by atoms with Gasteiger partial charge in [0.15, 0.2) is 0 Å². The van der Waals surface area contributed by atoms with Crippen LogP contribution in [0, 0.1) is 0 Å². The fourth-order valence-corrected chi connectivity index (χ4v) is 3.32. The van der Waals surface area contributed by atoms with E-state index < -0.39 is 0 Å². The van der Waals surface area contributed by atoms with E-state index in [0.29, 0.717) is 19.1 Å². The number of anilines is 1. The van der Waals surface area contributed by atoms with Crippen molar-refractivity contribution in [1.82, 2.24) is 20.5 Å². The van der Waals surface area contributed by atoms with E-state index in [1.807, 2.05) is 12.3 Å². The molecule has 1 aromatic heterocycles. The van der Waals surface area contributed by atoms with Gasteiger partial charge in [0.05, 0.1) is 13.2 Å². The van der Waals surface area contributed by atoms with Gasteiger partial charge in [0.25, 0.3) is 0 Å². The van der Waals surface area contributed by atoms with E-state index in [9.17, 15) is 4.79 Å². The van der Waals surface area contributed by atoms with Gasteiger partial charge >= 0.3 is 6.03 Å². The maximum atomic E-state index is 12.1. The van der Waals surface area contributed by atoms with Crippen LogP contribution >= 0.6 is 0 Å². The van der Waals surface area contributed by atoms with E-state index in [0.717, 1.165) is 50.8 Å². The van der Waals surface area contributed by atoms with Crippen LogP contribution in [0.15, 0.2) is 18.3 Å². The van der Waals surface area contributed by atoms with Crippen LogP contribution in [-0.4, -0.2) is 67.9 Å². The van der Waals surface area contributed by atoms with E-state index in [1.54, 1.807) is 0 Å². The lowest BCUT2D eigenvalue weighted by atomic mass is 10.2. The normalized spacial score (nSPS) is 19.6. The summed E-state index contributed by atoms with van der Waals surface area (Å²) in [5, 5.41) is 5.90. The van der Waals surface area contributed by atoms with Gasteiger partial charge < -0.3 is 20.3 Å². The van der Waals surface area contributed by atoms with E-state index in [1.165, 1.54) is 12.8 Å².